The molecular formula is C16H29N. The normalized spacial score (nSPS) is 45.2. The standard InChI is InChI=1S/C16H29N/c1-5-16(8-9-16)11-17-13-14(2,3)12-6-7-15(13,4)10-12/h12-13,17H,5-11H2,1-4H3/t12-,13?,15+/m0/s1. The van der Waals surface area contributed by atoms with Gasteiger partial charge in [-0.2, -0.15) is 0 Å². The Morgan fingerprint density at radius 3 is 2.29 bits per heavy atom. The summed E-state index contributed by atoms with van der Waals surface area (Å²) in [4.78, 5) is 0. The molecule has 3 saturated carbocycles. The second kappa shape index (κ2) is 3.50. The number of fused-ring (bicyclic) bond motifs is 2. The molecular weight excluding hydrogens is 206 g/mol. The maximum Gasteiger partial charge on any atom is 0.0175 e. The van der Waals surface area contributed by atoms with Crippen LogP contribution in [0.15, 0.2) is 0 Å². The van der Waals surface area contributed by atoms with Gasteiger partial charge >= 0.3 is 0 Å². The van der Waals surface area contributed by atoms with Gasteiger partial charge in [-0.3, -0.25) is 0 Å². The van der Waals surface area contributed by atoms with Crippen LogP contribution in [0.25, 0.3) is 0 Å². The summed E-state index contributed by atoms with van der Waals surface area (Å²) in [6.45, 7) is 11.2. The van der Waals surface area contributed by atoms with Crippen LogP contribution >= 0.6 is 0 Å². The van der Waals surface area contributed by atoms with Gasteiger partial charge in [0.25, 0.3) is 0 Å². The van der Waals surface area contributed by atoms with Crippen molar-refractivity contribution in [1.82, 2.24) is 5.32 Å². The lowest BCUT2D eigenvalue weighted by atomic mass is 9.68. The summed E-state index contributed by atoms with van der Waals surface area (Å²) in [5, 5.41) is 4.00. The number of hydrogen-bond acceptors (Lipinski definition) is 1. The molecule has 3 rings (SSSR count). The maximum absolute atomic E-state index is 4.00. The van der Waals surface area contributed by atoms with E-state index in [4.69, 9.17) is 0 Å². The van der Waals surface area contributed by atoms with Gasteiger partial charge < -0.3 is 5.32 Å². The van der Waals surface area contributed by atoms with Crippen molar-refractivity contribution in [2.24, 2.45) is 22.2 Å². The Kier molecular flexibility index (Phi) is 2.47. The van der Waals surface area contributed by atoms with E-state index in [1.807, 2.05) is 0 Å². The van der Waals surface area contributed by atoms with E-state index in [0.717, 1.165) is 12.0 Å². The van der Waals surface area contributed by atoms with Gasteiger partial charge in [-0.15, -0.1) is 0 Å². The van der Waals surface area contributed by atoms with E-state index in [-0.39, 0.29) is 0 Å². The summed E-state index contributed by atoms with van der Waals surface area (Å²) in [7, 11) is 0. The zero-order chi connectivity index (χ0) is 12.3. The van der Waals surface area contributed by atoms with Crippen LogP contribution in [0.5, 0.6) is 0 Å². The van der Waals surface area contributed by atoms with Crippen molar-refractivity contribution in [2.45, 2.75) is 72.3 Å². The summed E-state index contributed by atoms with van der Waals surface area (Å²) in [5.41, 5.74) is 1.81. The van der Waals surface area contributed by atoms with Crippen LogP contribution in [0.1, 0.15) is 66.2 Å². The second-order valence-corrected chi connectivity index (χ2v) is 8.08. The minimum atomic E-state index is 0.525. The highest BCUT2D eigenvalue weighted by atomic mass is 15.0. The quantitative estimate of drug-likeness (QED) is 0.777. The van der Waals surface area contributed by atoms with Crippen LogP contribution in [0.3, 0.4) is 0 Å². The average Bonchev–Trinajstić information content (AvgIpc) is 2.89. The van der Waals surface area contributed by atoms with Gasteiger partial charge in [-0.1, -0.05) is 27.7 Å². The lowest BCUT2D eigenvalue weighted by molar-refractivity contribution is 0.103. The first-order valence-electron chi connectivity index (χ1n) is 7.65. The fourth-order valence-corrected chi connectivity index (χ4v) is 4.96. The van der Waals surface area contributed by atoms with E-state index in [9.17, 15) is 0 Å². The summed E-state index contributed by atoms with van der Waals surface area (Å²) in [6, 6.07) is 0.762. The van der Waals surface area contributed by atoms with Gasteiger partial charge in [-0.05, 0) is 60.7 Å². The summed E-state index contributed by atoms with van der Waals surface area (Å²) in [6.07, 6.45) is 8.69. The molecule has 1 heteroatoms. The van der Waals surface area contributed by atoms with Crippen molar-refractivity contribution in [2.75, 3.05) is 6.54 Å². The Morgan fingerprint density at radius 1 is 1.12 bits per heavy atom. The zero-order valence-corrected chi connectivity index (χ0v) is 12.1. The first-order valence-corrected chi connectivity index (χ1v) is 7.65. The third-order valence-corrected chi connectivity index (χ3v) is 6.66. The minimum absolute atomic E-state index is 0.525. The second-order valence-electron chi connectivity index (χ2n) is 8.08. The summed E-state index contributed by atoms with van der Waals surface area (Å²) < 4.78 is 0. The molecule has 3 aliphatic rings. The molecule has 2 bridgehead atoms. The number of rotatable bonds is 4. The molecule has 0 amide bonds. The van der Waals surface area contributed by atoms with E-state index in [1.54, 1.807) is 0 Å². The average molecular weight is 235 g/mol. The zero-order valence-electron chi connectivity index (χ0n) is 12.1. The molecule has 0 aliphatic heterocycles. The van der Waals surface area contributed by atoms with E-state index < -0.39 is 0 Å². The highest BCUT2D eigenvalue weighted by molar-refractivity contribution is 5.12. The van der Waals surface area contributed by atoms with Crippen LogP contribution < -0.4 is 5.32 Å². The molecule has 0 heterocycles. The van der Waals surface area contributed by atoms with E-state index in [2.05, 4.69) is 33.0 Å². The SMILES string of the molecule is CCC1(CNC2C(C)(C)[C@H]3CC[C@]2(C)C3)CC1. The van der Waals surface area contributed by atoms with Crippen molar-refractivity contribution in [3.8, 4) is 0 Å². The maximum atomic E-state index is 4.00. The van der Waals surface area contributed by atoms with Gasteiger partial charge in [0.2, 0.25) is 0 Å². The van der Waals surface area contributed by atoms with Crippen molar-refractivity contribution < 1.29 is 0 Å². The van der Waals surface area contributed by atoms with Crippen LogP contribution in [0, 0.1) is 22.2 Å². The molecule has 0 spiro atoms. The van der Waals surface area contributed by atoms with Crippen molar-refractivity contribution in [3.63, 3.8) is 0 Å². The van der Waals surface area contributed by atoms with Gasteiger partial charge in [0.15, 0.2) is 0 Å². The van der Waals surface area contributed by atoms with E-state index in [1.165, 1.54) is 45.1 Å². The summed E-state index contributed by atoms with van der Waals surface area (Å²) >= 11 is 0. The van der Waals surface area contributed by atoms with Crippen LogP contribution in [-0.2, 0) is 0 Å². The van der Waals surface area contributed by atoms with Gasteiger partial charge in [0.1, 0.15) is 0 Å². The number of hydrogen-bond donors (Lipinski definition) is 1. The predicted molar refractivity (Wildman–Crippen MR) is 73.0 cm³/mol. The molecule has 3 aliphatic carbocycles. The van der Waals surface area contributed by atoms with Crippen molar-refractivity contribution in [1.29, 1.82) is 0 Å². The van der Waals surface area contributed by atoms with Gasteiger partial charge in [-0.25, -0.2) is 0 Å². The molecule has 0 aromatic heterocycles. The Labute approximate surface area is 107 Å². The van der Waals surface area contributed by atoms with Crippen molar-refractivity contribution in [3.05, 3.63) is 0 Å². The smallest absolute Gasteiger partial charge is 0.0175 e. The highest BCUT2D eigenvalue weighted by Gasteiger charge is 2.59. The molecule has 17 heavy (non-hydrogen) atoms. The molecule has 3 fully saturated rings. The topological polar surface area (TPSA) is 12.0 Å². The molecule has 0 aromatic carbocycles. The Hall–Kier alpha value is -0.0400. The third kappa shape index (κ3) is 1.69. The molecule has 1 nitrogen and oxygen atoms in total. The fourth-order valence-electron chi connectivity index (χ4n) is 4.96. The first kappa shape index (κ1) is 12.0. The Morgan fingerprint density at radius 2 is 1.82 bits per heavy atom. The van der Waals surface area contributed by atoms with Gasteiger partial charge in [0.05, 0.1) is 0 Å². The molecule has 3 atom stereocenters. The third-order valence-electron chi connectivity index (χ3n) is 6.66. The van der Waals surface area contributed by atoms with E-state index in [0.29, 0.717) is 16.2 Å². The summed E-state index contributed by atoms with van der Waals surface area (Å²) in [5.74, 6) is 0.974. The monoisotopic (exact) mass is 235 g/mol. The molecule has 1 unspecified atom stereocenters. The van der Waals surface area contributed by atoms with Crippen LogP contribution in [0.2, 0.25) is 0 Å². The van der Waals surface area contributed by atoms with Crippen LogP contribution in [-0.4, -0.2) is 12.6 Å². The minimum Gasteiger partial charge on any atom is -0.312 e. The molecule has 98 valence electrons. The molecule has 1 N–H and O–H groups in total. The largest absolute Gasteiger partial charge is 0.312 e. The van der Waals surface area contributed by atoms with Crippen molar-refractivity contribution >= 4 is 0 Å². The predicted octanol–water partition coefficient (Wildman–Crippen LogP) is 3.98. The molecule has 0 saturated heterocycles. The van der Waals surface area contributed by atoms with E-state index >= 15 is 0 Å². The highest BCUT2D eigenvalue weighted by Crippen LogP contribution is 2.62. The Bertz CT molecular complexity index is 311. The van der Waals surface area contributed by atoms with Crippen LogP contribution in [0.4, 0.5) is 0 Å². The Balaban J connectivity index is 1.70. The van der Waals surface area contributed by atoms with Gasteiger partial charge in [0, 0.05) is 12.6 Å². The first-order chi connectivity index (χ1) is 7.92. The lowest BCUT2D eigenvalue weighted by Gasteiger charge is -2.44. The molecule has 0 aromatic rings. The lowest BCUT2D eigenvalue weighted by Crippen LogP contribution is -2.51. The molecule has 0 radical (unpaired) electrons. The fraction of sp³-hybridized carbons (Fsp3) is 1.00. The number of nitrogens with one attached hydrogen (secondary N) is 1.